The van der Waals surface area contributed by atoms with Crippen molar-refractivity contribution in [1.29, 1.82) is 0 Å². The SMILES string of the molecule is O=C(NCc1ccco1)C(=O)NC[C@@H](O)c1ccc(-c2ccco2)cc1. The van der Waals surface area contributed by atoms with E-state index in [2.05, 4.69) is 10.6 Å². The summed E-state index contributed by atoms with van der Waals surface area (Å²) in [4.78, 5) is 23.5. The van der Waals surface area contributed by atoms with Crippen LogP contribution in [0.15, 0.2) is 69.9 Å². The third-order valence-electron chi connectivity index (χ3n) is 3.77. The molecule has 0 aliphatic heterocycles. The Kier molecular flexibility index (Phi) is 5.50. The van der Waals surface area contributed by atoms with Crippen molar-refractivity contribution in [3.8, 4) is 11.3 Å². The first kappa shape index (κ1) is 17.5. The highest BCUT2D eigenvalue weighted by Gasteiger charge is 2.16. The molecule has 0 saturated carbocycles. The Morgan fingerprint density at radius 3 is 2.27 bits per heavy atom. The molecule has 2 amide bonds. The number of aliphatic hydroxyl groups excluding tert-OH is 1. The maximum atomic E-state index is 11.8. The second-order valence-electron chi connectivity index (χ2n) is 5.59. The third kappa shape index (κ3) is 4.40. The topological polar surface area (TPSA) is 105 Å². The molecule has 134 valence electrons. The van der Waals surface area contributed by atoms with Crippen LogP contribution in [0.1, 0.15) is 17.4 Å². The molecule has 0 fully saturated rings. The Morgan fingerprint density at radius 1 is 0.923 bits per heavy atom. The van der Waals surface area contributed by atoms with Gasteiger partial charge in [0, 0.05) is 12.1 Å². The number of benzene rings is 1. The van der Waals surface area contributed by atoms with E-state index in [0.29, 0.717) is 11.3 Å². The molecule has 7 heteroatoms. The second kappa shape index (κ2) is 8.17. The number of carbonyl (C=O) groups excluding carboxylic acids is 2. The average Bonchev–Trinajstić information content (AvgIpc) is 3.37. The monoisotopic (exact) mass is 354 g/mol. The lowest BCUT2D eigenvalue weighted by Gasteiger charge is -2.12. The van der Waals surface area contributed by atoms with Gasteiger partial charge in [0.2, 0.25) is 0 Å². The van der Waals surface area contributed by atoms with Crippen molar-refractivity contribution < 1.29 is 23.5 Å². The van der Waals surface area contributed by atoms with Gasteiger partial charge in [0.1, 0.15) is 11.5 Å². The Morgan fingerprint density at radius 2 is 1.62 bits per heavy atom. The van der Waals surface area contributed by atoms with Crippen LogP contribution in [0.25, 0.3) is 11.3 Å². The van der Waals surface area contributed by atoms with Crippen LogP contribution in [0.5, 0.6) is 0 Å². The maximum Gasteiger partial charge on any atom is 0.309 e. The predicted octanol–water partition coefficient (Wildman–Crippen LogP) is 2.01. The quantitative estimate of drug-likeness (QED) is 0.587. The normalized spacial score (nSPS) is 11.7. The summed E-state index contributed by atoms with van der Waals surface area (Å²) in [6, 6.07) is 14.1. The van der Waals surface area contributed by atoms with Crippen LogP contribution >= 0.6 is 0 Å². The molecule has 1 atom stereocenters. The smallest absolute Gasteiger partial charge is 0.309 e. The van der Waals surface area contributed by atoms with Gasteiger partial charge in [-0.3, -0.25) is 9.59 Å². The molecule has 0 bridgehead atoms. The Labute approximate surface area is 149 Å². The van der Waals surface area contributed by atoms with E-state index in [4.69, 9.17) is 8.83 Å². The lowest BCUT2D eigenvalue weighted by molar-refractivity contribution is -0.139. The summed E-state index contributed by atoms with van der Waals surface area (Å²) < 4.78 is 10.4. The number of carbonyl (C=O) groups is 2. The van der Waals surface area contributed by atoms with E-state index in [1.54, 1.807) is 36.6 Å². The third-order valence-corrected chi connectivity index (χ3v) is 3.77. The molecular weight excluding hydrogens is 336 g/mol. The second-order valence-corrected chi connectivity index (χ2v) is 5.59. The summed E-state index contributed by atoms with van der Waals surface area (Å²) in [5.41, 5.74) is 1.50. The molecule has 0 aliphatic carbocycles. The van der Waals surface area contributed by atoms with Gasteiger partial charge in [0.05, 0.1) is 25.2 Å². The van der Waals surface area contributed by atoms with Crippen LogP contribution in [-0.2, 0) is 16.1 Å². The maximum absolute atomic E-state index is 11.8. The summed E-state index contributed by atoms with van der Waals surface area (Å²) in [6.45, 7) is 0.0448. The Bertz CT molecular complexity index is 839. The number of aliphatic hydroxyl groups is 1. The van der Waals surface area contributed by atoms with Gasteiger partial charge in [0.25, 0.3) is 0 Å². The molecule has 26 heavy (non-hydrogen) atoms. The van der Waals surface area contributed by atoms with Crippen LogP contribution in [0, 0.1) is 0 Å². The fraction of sp³-hybridized carbons (Fsp3) is 0.158. The molecule has 3 aromatic rings. The van der Waals surface area contributed by atoms with Gasteiger partial charge >= 0.3 is 11.8 Å². The molecule has 7 nitrogen and oxygen atoms in total. The van der Waals surface area contributed by atoms with E-state index in [0.717, 1.165) is 11.3 Å². The van der Waals surface area contributed by atoms with Crippen molar-refractivity contribution in [3.05, 3.63) is 72.4 Å². The van der Waals surface area contributed by atoms with Crippen LogP contribution in [0.3, 0.4) is 0 Å². The standard InChI is InChI=1S/C19H18N2O5/c22-16(13-5-7-14(8-6-13)17-4-2-10-26-17)12-21-19(24)18(23)20-11-15-3-1-9-25-15/h1-10,16,22H,11-12H2,(H,20,23)(H,21,24)/t16-/m1/s1. The number of rotatable bonds is 6. The number of hydrogen-bond acceptors (Lipinski definition) is 5. The van der Waals surface area contributed by atoms with E-state index in [1.165, 1.54) is 6.26 Å². The van der Waals surface area contributed by atoms with Crippen LogP contribution in [0.2, 0.25) is 0 Å². The molecule has 0 aliphatic rings. The van der Waals surface area contributed by atoms with Gasteiger partial charge < -0.3 is 24.6 Å². The van der Waals surface area contributed by atoms with Crippen molar-refractivity contribution in [3.63, 3.8) is 0 Å². The Balaban J connectivity index is 1.47. The molecule has 3 N–H and O–H groups in total. The first-order valence-corrected chi connectivity index (χ1v) is 8.04. The van der Waals surface area contributed by atoms with Gasteiger partial charge in [-0.2, -0.15) is 0 Å². The highest BCUT2D eigenvalue weighted by atomic mass is 16.3. The van der Waals surface area contributed by atoms with E-state index < -0.39 is 17.9 Å². The number of nitrogens with one attached hydrogen (secondary N) is 2. The highest BCUT2D eigenvalue weighted by molar-refractivity contribution is 6.35. The van der Waals surface area contributed by atoms with Gasteiger partial charge in [-0.05, 0) is 29.8 Å². The average molecular weight is 354 g/mol. The molecular formula is C19H18N2O5. The molecule has 0 saturated heterocycles. The molecule has 0 unspecified atom stereocenters. The minimum atomic E-state index is -0.928. The van der Waals surface area contributed by atoms with E-state index >= 15 is 0 Å². The highest BCUT2D eigenvalue weighted by Crippen LogP contribution is 2.22. The zero-order valence-electron chi connectivity index (χ0n) is 13.8. The zero-order chi connectivity index (χ0) is 18.4. The predicted molar refractivity (Wildman–Crippen MR) is 92.7 cm³/mol. The van der Waals surface area contributed by atoms with Crippen molar-refractivity contribution in [2.45, 2.75) is 12.6 Å². The summed E-state index contributed by atoms with van der Waals surface area (Å²) in [7, 11) is 0. The fourth-order valence-corrected chi connectivity index (χ4v) is 2.36. The van der Waals surface area contributed by atoms with Crippen molar-refractivity contribution in [2.24, 2.45) is 0 Å². The van der Waals surface area contributed by atoms with Crippen LogP contribution < -0.4 is 10.6 Å². The van der Waals surface area contributed by atoms with E-state index in [-0.39, 0.29) is 13.1 Å². The summed E-state index contributed by atoms with van der Waals surface area (Å²) in [5.74, 6) is -0.333. The molecule has 3 rings (SSSR count). The Hall–Kier alpha value is -3.32. The van der Waals surface area contributed by atoms with Crippen LogP contribution in [0.4, 0.5) is 0 Å². The molecule has 2 heterocycles. The zero-order valence-corrected chi connectivity index (χ0v) is 13.8. The van der Waals surface area contributed by atoms with Crippen molar-refractivity contribution in [1.82, 2.24) is 10.6 Å². The molecule has 0 spiro atoms. The lowest BCUT2D eigenvalue weighted by atomic mass is 10.1. The summed E-state index contributed by atoms with van der Waals surface area (Å²) >= 11 is 0. The number of amides is 2. The number of hydrogen-bond donors (Lipinski definition) is 3. The van der Waals surface area contributed by atoms with E-state index in [1.807, 2.05) is 18.2 Å². The van der Waals surface area contributed by atoms with E-state index in [9.17, 15) is 14.7 Å². The lowest BCUT2D eigenvalue weighted by Crippen LogP contribution is -2.41. The van der Waals surface area contributed by atoms with Gasteiger partial charge in [-0.1, -0.05) is 24.3 Å². The molecule has 2 aromatic heterocycles. The fourth-order valence-electron chi connectivity index (χ4n) is 2.36. The molecule has 1 aromatic carbocycles. The first-order chi connectivity index (χ1) is 12.6. The van der Waals surface area contributed by atoms with Gasteiger partial charge in [-0.15, -0.1) is 0 Å². The van der Waals surface area contributed by atoms with Crippen molar-refractivity contribution in [2.75, 3.05) is 6.54 Å². The summed E-state index contributed by atoms with van der Waals surface area (Å²) in [5, 5.41) is 15.0. The summed E-state index contributed by atoms with van der Waals surface area (Å²) in [6.07, 6.45) is 2.14. The largest absolute Gasteiger partial charge is 0.467 e. The van der Waals surface area contributed by atoms with Crippen LogP contribution in [-0.4, -0.2) is 23.5 Å². The first-order valence-electron chi connectivity index (χ1n) is 8.04. The molecule has 0 radical (unpaired) electrons. The van der Waals surface area contributed by atoms with Gasteiger partial charge in [0.15, 0.2) is 0 Å². The number of furan rings is 2. The minimum absolute atomic E-state index is 0.0763. The minimum Gasteiger partial charge on any atom is -0.467 e. The van der Waals surface area contributed by atoms with Gasteiger partial charge in [-0.25, -0.2) is 0 Å². The van der Waals surface area contributed by atoms with Crippen molar-refractivity contribution >= 4 is 11.8 Å².